The summed E-state index contributed by atoms with van der Waals surface area (Å²) >= 11 is 6.02. The Balaban J connectivity index is 1.32. The Hall–Kier alpha value is -3.19. The molecule has 1 aliphatic rings. The van der Waals surface area contributed by atoms with Gasteiger partial charge in [0.15, 0.2) is 0 Å². The minimum Gasteiger partial charge on any atom is -0.325 e. The van der Waals surface area contributed by atoms with E-state index in [1.54, 1.807) is 23.2 Å². The highest BCUT2D eigenvalue weighted by Crippen LogP contribution is 2.23. The molecule has 0 atom stereocenters. The zero-order chi connectivity index (χ0) is 21.1. The second-order valence-corrected chi connectivity index (χ2v) is 7.69. The van der Waals surface area contributed by atoms with Gasteiger partial charge >= 0.3 is 0 Å². The number of carbonyl (C=O) groups excluding carboxylic acids is 2. The monoisotopic (exact) mass is 423 g/mol. The van der Waals surface area contributed by atoms with Gasteiger partial charge in [0, 0.05) is 42.6 Å². The van der Waals surface area contributed by atoms with Crippen molar-refractivity contribution < 1.29 is 9.59 Å². The number of amides is 2. The normalized spacial score (nSPS) is 13.1. The lowest BCUT2D eigenvalue weighted by Gasteiger charge is -2.27. The number of aryl methyl sites for hydroxylation is 2. The fourth-order valence-corrected chi connectivity index (χ4v) is 3.71. The van der Waals surface area contributed by atoms with Gasteiger partial charge in [0.25, 0.3) is 0 Å². The van der Waals surface area contributed by atoms with E-state index < -0.39 is 0 Å². The van der Waals surface area contributed by atoms with Gasteiger partial charge in [-0.05, 0) is 37.6 Å². The first-order chi connectivity index (χ1) is 14.5. The van der Waals surface area contributed by atoms with E-state index in [9.17, 15) is 9.59 Å². The molecule has 0 unspecified atom stereocenters. The van der Waals surface area contributed by atoms with Crippen LogP contribution in [-0.4, -0.2) is 33.1 Å². The molecule has 30 heavy (non-hydrogen) atoms. The summed E-state index contributed by atoms with van der Waals surface area (Å²) in [7, 11) is 0. The molecule has 1 N–H and O–H groups in total. The van der Waals surface area contributed by atoms with Crippen molar-refractivity contribution >= 4 is 34.9 Å². The number of pyridine rings is 1. The minimum absolute atomic E-state index is 0.0690. The molecule has 0 saturated carbocycles. The number of nitrogens with zero attached hydrogens (tertiary/aromatic N) is 4. The first-order valence-corrected chi connectivity index (χ1v) is 10.2. The van der Waals surface area contributed by atoms with Crippen molar-refractivity contribution in [2.24, 2.45) is 0 Å². The second-order valence-electron chi connectivity index (χ2n) is 7.26. The standard InChI is InChI=1S/C22H22ClN5O2/c1-15-12-21-27(10-3-11-28(21)26-15)22(30)9-8-20(29)25-18-6-7-19(24-14-18)16-4-2-5-17(23)13-16/h2,4-7,12-14H,3,8-11H2,1H3,(H,25,29). The van der Waals surface area contributed by atoms with Gasteiger partial charge in [-0.25, -0.2) is 4.68 Å². The summed E-state index contributed by atoms with van der Waals surface area (Å²) in [6, 6.07) is 12.9. The van der Waals surface area contributed by atoms with Crippen LogP contribution in [-0.2, 0) is 16.1 Å². The van der Waals surface area contributed by atoms with Gasteiger partial charge in [0.2, 0.25) is 11.8 Å². The van der Waals surface area contributed by atoms with Crippen LogP contribution in [0.4, 0.5) is 11.5 Å². The van der Waals surface area contributed by atoms with Gasteiger partial charge in [-0.3, -0.25) is 19.5 Å². The van der Waals surface area contributed by atoms with Crippen molar-refractivity contribution in [2.45, 2.75) is 32.7 Å². The summed E-state index contributed by atoms with van der Waals surface area (Å²) in [6.07, 6.45) is 2.71. The number of hydrogen-bond acceptors (Lipinski definition) is 4. The Bertz CT molecular complexity index is 1080. The molecular formula is C22H22ClN5O2. The highest BCUT2D eigenvalue weighted by molar-refractivity contribution is 6.30. The third-order valence-electron chi connectivity index (χ3n) is 4.94. The SMILES string of the molecule is Cc1cc2n(n1)CCCN2C(=O)CCC(=O)Nc1ccc(-c2cccc(Cl)c2)nc1. The molecule has 2 aromatic heterocycles. The molecule has 7 nitrogen and oxygen atoms in total. The first kappa shape index (κ1) is 20.1. The molecule has 8 heteroatoms. The third kappa shape index (κ3) is 4.52. The summed E-state index contributed by atoms with van der Waals surface area (Å²) in [5, 5.41) is 7.84. The Morgan fingerprint density at radius 3 is 2.77 bits per heavy atom. The van der Waals surface area contributed by atoms with Crippen LogP contribution in [0.25, 0.3) is 11.3 Å². The number of fused-ring (bicyclic) bond motifs is 1. The number of aromatic nitrogens is 3. The van der Waals surface area contributed by atoms with Crippen molar-refractivity contribution in [2.75, 3.05) is 16.8 Å². The van der Waals surface area contributed by atoms with E-state index >= 15 is 0 Å². The van der Waals surface area contributed by atoms with E-state index in [1.807, 2.05) is 41.9 Å². The zero-order valence-electron chi connectivity index (χ0n) is 16.6. The number of carbonyl (C=O) groups is 2. The molecule has 3 heterocycles. The average molecular weight is 424 g/mol. The quantitative estimate of drug-likeness (QED) is 0.671. The molecule has 0 aliphatic carbocycles. The lowest BCUT2D eigenvalue weighted by molar-refractivity contribution is -0.122. The van der Waals surface area contributed by atoms with Gasteiger partial charge in [-0.2, -0.15) is 5.10 Å². The number of nitrogens with one attached hydrogen (secondary N) is 1. The molecule has 2 amide bonds. The van der Waals surface area contributed by atoms with Crippen LogP contribution in [0.3, 0.4) is 0 Å². The van der Waals surface area contributed by atoms with Crippen LogP contribution >= 0.6 is 11.6 Å². The Labute approximate surface area is 179 Å². The second kappa shape index (κ2) is 8.67. The molecule has 1 aliphatic heterocycles. The topological polar surface area (TPSA) is 80.1 Å². The highest BCUT2D eigenvalue weighted by atomic mass is 35.5. The maximum atomic E-state index is 12.6. The van der Waals surface area contributed by atoms with Gasteiger partial charge in [-0.1, -0.05) is 23.7 Å². The number of hydrogen-bond donors (Lipinski definition) is 1. The molecule has 0 bridgehead atoms. The van der Waals surface area contributed by atoms with E-state index in [0.29, 0.717) is 17.3 Å². The first-order valence-electron chi connectivity index (χ1n) is 9.86. The maximum Gasteiger partial charge on any atom is 0.228 e. The van der Waals surface area contributed by atoms with Gasteiger partial charge in [0.1, 0.15) is 5.82 Å². The molecule has 1 aromatic carbocycles. The predicted molar refractivity (Wildman–Crippen MR) is 116 cm³/mol. The molecule has 154 valence electrons. The van der Waals surface area contributed by atoms with Crippen molar-refractivity contribution in [3.8, 4) is 11.3 Å². The maximum absolute atomic E-state index is 12.6. The van der Waals surface area contributed by atoms with E-state index in [4.69, 9.17) is 11.6 Å². The lowest BCUT2D eigenvalue weighted by atomic mass is 10.1. The van der Waals surface area contributed by atoms with Crippen molar-refractivity contribution in [1.82, 2.24) is 14.8 Å². The van der Waals surface area contributed by atoms with Crippen LogP contribution in [0.2, 0.25) is 5.02 Å². The smallest absolute Gasteiger partial charge is 0.228 e. The van der Waals surface area contributed by atoms with Crippen LogP contribution in [0, 0.1) is 6.92 Å². The Morgan fingerprint density at radius 2 is 2.00 bits per heavy atom. The molecule has 0 fully saturated rings. The zero-order valence-corrected chi connectivity index (χ0v) is 17.4. The number of rotatable bonds is 5. The fraction of sp³-hybridized carbons (Fsp3) is 0.273. The van der Waals surface area contributed by atoms with Crippen molar-refractivity contribution in [3.63, 3.8) is 0 Å². The summed E-state index contributed by atoms with van der Waals surface area (Å²) < 4.78 is 1.85. The number of benzene rings is 1. The van der Waals surface area contributed by atoms with Crippen LogP contribution < -0.4 is 10.2 Å². The number of halogens is 1. The molecule has 3 aromatic rings. The highest BCUT2D eigenvalue weighted by Gasteiger charge is 2.24. The van der Waals surface area contributed by atoms with E-state index in [0.717, 1.165) is 35.7 Å². The minimum atomic E-state index is -0.220. The number of anilines is 2. The average Bonchev–Trinajstić information content (AvgIpc) is 3.12. The third-order valence-corrected chi connectivity index (χ3v) is 5.18. The Kier molecular flexibility index (Phi) is 5.81. The van der Waals surface area contributed by atoms with Gasteiger partial charge in [0.05, 0.1) is 23.3 Å². The van der Waals surface area contributed by atoms with Crippen molar-refractivity contribution in [1.29, 1.82) is 0 Å². The van der Waals surface area contributed by atoms with Crippen LogP contribution in [0.5, 0.6) is 0 Å². The summed E-state index contributed by atoms with van der Waals surface area (Å²) in [5.41, 5.74) is 3.14. The van der Waals surface area contributed by atoms with Crippen LogP contribution in [0.15, 0.2) is 48.7 Å². The molecular weight excluding hydrogens is 402 g/mol. The molecule has 4 rings (SSSR count). The van der Waals surface area contributed by atoms with E-state index in [1.165, 1.54) is 0 Å². The predicted octanol–water partition coefficient (Wildman–Crippen LogP) is 4.06. The van der Waals surface area contributed by atoms with Crippen molar-refractivity contribution in [3.05, 3.63) is 59.4 Å². The molecule has 0 radical (unpaired) electrons. The molecule has 0 saturated heterocycles. The van der Waals surface area contributed by atoms with Crippen LogP contribution in [0.1, 0.15) is 25.0 Å². The summed E-state index contributed by atoms with van der Waals surface area (Å²) in [5.74, 6) is 0.521. The van der Waals surface area contributed by atoms with E-state index in [2.05, 4.69) is 15.4 Å². The summed E-state index contributed by atoms with van der Waals surface area (Å²) in [4.78, 5) is 31.0. The Morgan fingerprint density at radius 1 is 1.13 bits per heavy atom. The largest absolute Gasteiger partial charge is 0.325 e. The van der Waals surface area contributed by atoms with Gasteiger partial charge in [-0.15, -0.1) is 0 Å². The summed E-state index contributed by atoms with van der Waals surface area (Å²) in [6.45, 7) is 3.37. The van der Waals surface area contributed by atoms with E-state index in [-0.39, 0.29) is 24.7 Å². The fourth-order valence-electron chi connectivity index (χ4n) is 3.52. The molecule has 0 spiro atoms. The van der Waals surface area contributed by atoms with Gasteiger partial charge < -0.3 is 5.32 Å². The lowest BCUT2D eigenvalue weighted by Crippen LogP contribution is -2.37.